The van der Waals surface area contributed by atoms with E-state index < -0.39 is 0 Å². The average Bonchev–Trinajstić information content (AvgIpc) is 2.53. The molecule has 2 aromatic carbocycles. The van der Waals surface area contributed by atoms with Crippen LogP contribution in [0.15, 0.2) is 36.4 Å². The molecule has 0 spiro atoms. The molecule has 1 N–H and O–H groups in total. The number of para-hydroxylation sites is 1. The Hall–Kier alpha value is -2.07. The monoisotopic (exact) mass is 289 g/mol. The fraction of sp³-hybridized carbons (Fsp3) is 0.294. The van der Waals surface area contributed by atoms with Gasteiger partial charge >= 0.3 is 0 Å². The summed E-state index contributed by atoms with van der Waals surface area (Å²) >= 11 is 0. The minimum absolute atomic E-state index is 0.207. The van der Waals surface area contributed by atoms with Gasteiger partial charge in [0.05, 0.1) is 14.2 Å². The fourth-order valence-electron chi connectivity index (χ4n) is 2.25. The van der Waals surface area contributed by atoms with E-state index in [2.05, 4.69) is 5.32 Å². The molecule has 0 fully saturated rings. The molecule has 0 aliphatic carbocycles. The van der Waals surface area contributed by atoms with E-state index in [4.69, 9.17) is 9.47 Å². The van der Waals surface area contributed by atoms with Crippen LogP contribution in [0.25, 0.3) is 11.1 Å². The Bertz CT molecular complexity index is 614. The molecule has 0 aliphatic rings. The van der Waals surface area contributed by atoms with Crippen molar-refractivity contribution in [3.8, 4) is 22.6 Å². The highest BCUT2D eigenvalue weighted by Gasteiger charge is 2.13. The van der Waals surface area contributed by atoms with Gasteiger partial charge in [0.15, 0.2) is 11.5 Å². The molecule has 4 heteroatoms. The highest BCUT2D eigenvalue weighted by molar-refractivity contribution is 5.74. The zero-order chi connectivity index (χ0) is 15.2. The molecular formula is C17H20FNO2. The van der Waals surface area contributed by atoms with Crippen molar-refractivity contribution >= 4 is 0 Å². The molecule has 0 amide bonds. The van der Waals surface area contributed by atoms with Crippen LogP contribution in [0.4, 0.5) is 4.39 Å². The molecule has 0 heterocycles. The van der Waals surface area contributed by atoms with Crippen LogP contribution in [0.5, 0.6) is 11.5 Å². The minimum atomic E-state index is -0.207. The van der Waals surface area contributed by atoms with E-state index in [0.29, 0.717) is 23.6 Å². The van der Waals surface area contributed by atoms with Crippen LogP contribution in [0.1, 0.15) is 12.5 Å². The molecule has 0 radical (unpaired) electrons. The van der Waals surface area contributed by atoms with Crippen molar-refractivity contribution in [1.29, 1.82) is 0 Å². The van der Waals surface area contributed by atoms with Crippen molar-refractivity contribution in [2.45, 2.75) is 13.5 Å². The number of hydrogen-bond acceptors (Lipinski definition) is 3. The predicted octanol–water partition coefficient (Wildman–Crippen LogP) is 3.62. The normalized spacial score (nSPS) is 10.5. The lowest BCUT2D eigenvalue weighted by Gasteiger charge is -2.14. The van der Waals surface area contributed by atoms with Crippen molar-refractivity contribution in [2.24, 2.45) is 0 Å². The maximum absolute atomic E-state index is 13.8. The lowest BCUT2D eigenvalue weighted by atomic mass is 10.0. The fourth-order valence-corrected chi connectivity index (χ4v) is 2.25. The molecule has 2 aromatic rings. The van der Waals surface area contributed by atoms with Gasteiger partial charge in [-0.1, -0.05) is 25.1 Å². The summed E-state index contributed by atoms with van der Waals surface area (Å²) in [4.78, 5) is 0. The van der Waals surface area contributed by atoms with E-state index in [1.165, 1.54) is 6.07 Å². The summed E-state index contributed by atoms with van der Waals surface area (Å²) in [7, 11) is 3.20. The van der Waals surface area contributed by atoms with Crippen LogP contribution in [0.3, 0.4) is 0 Å². The van der Waals surface area contributed by atoms with Crippen molar-refractivity contribution < 1.29 is 13.9 Å². The Morgan fingerprint density at radius 2 is 1.90 bits per heavy atom. The number of rotatable bonds is 6. The Morgan fingerprint density at radius 1 is 1.10 bits per heavy atom. The van der Waals surface area contributed by atoms with Crippen molar-refractivity contribution in [3.63, 3.8) is 0 Å². The van der Waals surface area contributed by atoms with E-state index in [1.54, 1.807) is 20.3 Å². The van der Waals surface area contributed by atoms with Gasteiger partial charge in [0.25, 0.3) is 0 Å². The van der Waals surface area contributed by atoms with Gasteiger partial charge in [0, 0.05) is 17.7 Å². The van der Waals surface area contributed by atoms with Crippen LogP contribution in [-0.4, -0.2) is 20.8 Å². The molecule has 2 rings (SSSR count). The first-order valence-corrected chi connectivity index (χ1v) is 6.91. The maximum Gasteiger partial charge on any atom is 0.168 e. The summed E-state index contributed by atoms with van der Waals surface area (Å²) in [5.41, 5.74) is 2.42. The SMILES string of the molecule is CCNCc1cc(-c2cccc(OC)c2OC)ccc1F. The van der Waals surface area contributed by atoms with Gasteiger partial charge in [-0.3, -0.25) is 0 Å². The number of halogens is 1. The summed E-state index contributed by atoms with van der Waals surface area (Å²) in [6, 6.07) is 10.7. The molecule has 0 atom stereocenters. The quantitative estimate of drug-likeness (QED) is 0.881. The summed E-state index contributed by atoms with van der Waals surface area (Å²) in [5.74, 6) is 1.11. The summed E-state index contributed by atoms with van der Waals surface area (Å²) < 4.78 is 24.6. The molecule has 0 saturated carbocycles. The Labute approximate surface area is 124 Å². The number of hydrogen-bond donors (Lipinski definition) is 1. The molecule has 0 aromatic heterocycles. The second-order valence-corrected chi connectivity index (χ2v) is 4.63. The van der Waals surface area contributed by atoms with Gasteiger partial charge in [-0.05, 0) is 30.3 Å². The summed E-state index contributed by atoms with van der Waals surface area (Å²) in [6.07, 6.45) is 0. The highest BCUT2D eigenvalue weighted by Crippen LogP contribution is 2.38. The topological polar surface area (TPSA) is 30.5 Å². The van der Waals surface area contributed by atoms with Crippen LogP contribution >= 0.6 is 0 Å². The lowest BCUT2D eigenvalue weighted by molar-refractivity contribution is 0.356. The van der Waals surface area contributed by atoms with E-state index in [0.717, 1.165) is 17.7 Å². The van der Waals surface area contributed by atoms with Gasteiger partial charge in [-0.25, -0.2) is 4.39 Å². The van der Waals surface area contributed by atoms with Crippen LogP contribution in [0.2, 0.25) is 0 Å². The smallest absolute Gasteiger partial charge is 0.168 e. The molecule has 0 unspecified atom stereocenters. The first kappa shape index (κ1) is 15.3. The van der Waals surface area contributed by atoms with E-state index in [-0.39, 0.29) is 5.82 Å². The molecular weight excluding hydrogens is 269 g/mol. The second kappa shape index (κ2) is 7.09. The largest absolute Gasteiger partial charge is 0.493 e. The zero-order valence-corrected chi connectivity index (χ0v) is 12.6. The van der Waals surface area contributed by atoms with E-state index >= 15 is 0 Å². The molecule has 21 heavy (non-hydrogen) atoms. The Morgan fingerprint density at radius 3 is 2.57 bits per heavy atom. The standard InChI is InChI=1S/C17H20FNO2/c1-4-19-11-13-10-12(8-9-15(13)18)14-6-5-7-16(20-2)17(14)21-3/h5-10,19H,4,11H2,1-3H3. The van der Waals surface area contributed by atoms with Crippen LogP contribution in [0, 0.1) is 5.82 Å². The number of benzene rings is 2. The van der Waals surface area contributed by atoms with Gasteiger partial charge in [-0.2, -0.15) is 0 Å². The molecule has 3 nitrogen and oxygen atoms in total. The third kappa shape index (κ3) is 3.34. The highest BCUT2D eigenvalue weighted by atomic mass is 19.1. The molecule has 112 valence electrons. The Balaban J connectivity index is 2.47. The van der Waals surface area contributed by atoms with Gasteiger partial charge < -0.3 is 14.8 Å². The zero-order valence-electron chi connectivity index (χ0n) is 12.6. The maximum atomic E-state index is 13.8. The van der Waals surface area contributed by atoms with E-state index in [1.807, 2.05) is 31.2 Å². The van der Waals surface area contributed by atoms with Crippen LogP contribution < -0.4 is 14.8 Å². The van der Waals surface area contributed by atoms with E-state index in [9.17, 15) is 4.39 Å². The first-order valence-electron chi connectivity index (χ1n) is 6.91. The van der Waals surface area contributed by atoms with Crippen molar-refractivity contribution in [3.05, 3.63) is 47.8 Å². The average molecular weight is 289 g/mol. The number of ether oxygens (including phenoxy) is 2. The second-order valence-electron chi connectivity index (χ2n) is 4.63. The number of methoxy groups -OCH3 is 2. The third-order valence-electron chi connectivity index (χ3n) is 3.33. The molecule has 0 aliphatic heterocycles. The third-order valence-corrected chi connectivity index (χ3v) is 3.33. The Kier molecular flexibility index (Phi) is 5.17. The van der Waals surface area contributed by atoms with Gasteiger partial charge in [0.1, 0.15) is 5.82 Å². The van der Waals surface area contributed by atoms with Crippen molar-refractivity contribution in [2.75, 3.05) is 20.8 Å². The lowest BCUT2D eigenvalue weighted by Crippen LogP contribution is -2.13. The summed E-state index contributed by atoms with van der Waals surface area (Å²) in [5, 5.41) is 3.14. The molecule has 0 bridgehead atoms. The van der Waals surface area contributed by atoms with Gasteiger partial charge in [0.2, 0.25) is 0 Å². The van der Waals surface area contributed by atoms with Crippen molar-refractivity contribution in [1.82, 2.24) is 5.32 Å². The summed E-state index contributed by atoms with van der Waals surface area (Å²) in [6.45, 7) is 3.29. The minimum Gasteiger partial charge on any atom is -0.493 e. The molecule has 0 saturated heterocycles. The van der Waals surface area contributed by atoms with Crippen LogP contribution in [-0.2, 0) is 6.54 Å². The first-order chi connectivity index (χ1) is 10.2. The van der Waals surface area contributed by atoms with Gasteiger partial charge in [-0.15, -0.1) is 0 Å². The predicted molar refractivity (Wildman–Crippen MR) is 82.3 cm³/mol. The number of nitrogens with one attached hydrogen (secondary N) is 1.